The minimum atomic E-state index is 0.416. The van der Waals surface area contributed by atoms with Crippen molar-refractivity contribution in [3.8, 4) is 5.69 Å². The van der Waals surface area contributed by atoms with Gasteiger partial charge in [0.2, 0.25) is 0 Å². The van der Waals surface area contributed by atoms with Gasteiger partial charge in [0.15, 0.2) is 6.29 Å². The third-order valence-electron chi connectivity index (χ3n) is 3.39. The molecule has 0 saturated heterocycles. The average molecular weight is 306 g/mol. The molecule has 3 rings (SSSR count). The molecule has 18 heavy (non-hydrogen) atoms. The van der Waals surface area contributed by atoms with Crippen molar-refractivity contribution in [3.05, 3.63) is 40.1 Å². The Balaban J connectivity index is 2.11. The van der Waals surface area contributed by atoms with Gasteiger partial charge in [-0.05, 0) is 31.0 Å². The average Bonchev–Trinajstić information content (AvgIpc) is 2.70. The number of aldehydes is 1. The van der Waals surface area contributed by atoms with Gasteiger partial charge < -0.3 is 0 Å². The molecular weight excluding hydrogens is 294 g/mol. The van der Waals surface area contributed by atoms with E-state index in [0.717, 1.165) is 35.0 Å². The lowest BCUT2D eigenvalue weighted by Gasteiger charge is -2.26. The van der Waals surface area contributed by atoms with Crippen molar-refractivity contribution in [3.63, 3.8) is 0 Å². The van der Waals surface area contributed by atoms with Crippen molar-refractivity contribution in [1.82, 2.24) is 15.0 Å². The Morgan fingerprint density at radius 1 is 1.39 bits per heavy atom. The highest BCUT2D eigenvalue weighted by Gasteiger charge is 2.28. The number of hydrogen-bond donors (Lipinski definition) is 0. The molecule has 0 aliphatic heterocycles. The fourth-order valence-corrected chi connectivity index (χ4v) is 2.63. The number of aromatic nitrogens is 3. The van der Waals surface area contributed by atoms with Gasteiger partial charge >= 0.3 is 0 Å². The van der Waals surface area contributed by atoms with E-state index in [4.69, 9.17) is 0 Å². The molecule has 0 unspecified atom stereocenters. The molecule has 1 heterocycles. The maximum absolute atomic E-state index is 11.1. The van der Waals surface area contributed by atoms with Crippen molar-refractivity contribution in [2.24, 2.45) is 0 Å². The van der Waals surface area contributed by atoms with Gasteiger partial charge in [0, 0.05) is 10.4 Å². The van der Waals surface area contributed by atoms with E-state index in [2.05, 4.69) is 26.2 Å². The molecule has 1 saturated carbocycles. The zero-order chi connectivity index (χ0) is 12.5. The van der Waals surface area contributed by atoms with Crippen LogP contribution in [0.5, 0.6) is 0 Å². The summed E-state index contributed by atoms with van der Waals surface area (Å²) in [5.74, 6) is 0.416. The molecule has 1 aliphatic carbocycles. The molecule has 0 N–H and O–H groups in total. The smallest absolute Gasteiger partial charge is 0.172 e. The first kappa shape index (κ1) is 11.6. The minimum Gasteiger partial charge on any atom is -0.296 e. The number of carbonyl (C=O) groups is 1. The SMILES string of the molecule is O=Cc1nnn(-c2cccc(Br)c2)c1C1CCC1. The van der Waals surface area contributed by atoms with Gasteiger partial charge in [0.05, 0.1) is 11.4 Å². The summed E-state index contributed by atoms with van der Waals surface area (Å²) in [5, 5.41) is 8.09. The first-order valence-corrected chi connectivity index (χ1v) is 6.75. The van der Waals surface area contributed by atoms with Crippen LogP contribution in [0.4, 0.5) is 0 Å². The van der Waals surface area contributed by atoms with E-state index in [1.807, 2.05) is 24.3 Å². The van der Waals surface area contributed by atoms with Crippen LogP contribution in [-0.2, 0) is 0 Å². The Morgan fingerprint density at radius 2 is 2.22 bits per heavy atom. The molecular formula is C13H12BrN3O. The summed E-state index contributed by atoms with van der Waals surface area (Å²) in [6.07, 6.45) is 4.24. The van der Waals surface area contributed by atoms with Crippen molar-refractivity contribution in [2.45, 2.75) is 25.2 Å². The zero-order valence-corrected chi connectivity index (χ0v) is 11.3. The van der Waals surface area contributed by atoms with Crippen molar-refractivity contribution in [1.29, 1.82) is 0 Å². The molecule has 1 aromatic heterocycles. The van der Waals surface area contributed by atoms with Crippen LogP contribution in [-0.4, -0.2) is 21.3 Å². The highest BCUT2D eigenvalue weighted by molar-refractivity contribution is 9.10. The molecule has 0 amide bonds. The number of benzene rings is 1. The molecule has 1 aromatic carbocycles. The summed E-state index contributed by atoms with van der Waals surface area (Å²) in [6, 6.07) is 7.86. The third kappa shape index (κ3) is 1.88. The van der Waals surface area contributed by atoms with Crippen molar-refractivity contribution in [2.75, 3.05) is 0 Å². The molecule has 0 radical (unpaired) electrons. The molecule has 5 heteroatoms. The molecule has 92 valence electrons. The van der Waals surface area contributed by atoms with Crippen LogP contribution in [0.3, 0.4) is 0 Å². The standard InChI is InChI=1S/C13H12BrN3O/c14-10-5-2-6-11(7-10)17-13(9-3-1-4-9)12(8-18)15-16-17/h2,5-9H,1,3-4H2. The first-order chi connectivity index (χ1) is 8.79. The third-order valence-corrected chi connectivity index (χ3v) is 3.88. The van der Waals surface area contributed by atoms with E-state index >= 15 is 0 Å². The quantitative estimate of drug-likeness (QED) is 0.819. The maximum atomic E-state index is 11.1. The molecule has 0 bridgehead atoms. The Kier molecular flexibility index (Phi) is 2.99. The normalized spacial score (nSPS) is 15.4. The second-order valence-corrected chi connectivity index (χ2v) is 5.41. The number of nitrogens with zero attached hydrogens (tertiary/aromatic N) is 3. The van der Waals surface area contributed by atoms with Crippen molar-refractivity contribution >= 4 is 22.2 Å². The van der Waals surface area contributed by atoms with Crippen molar-refractivity contribution < 1.29 is 4.79 Å². The summed E-state index contributed by atoms with van der Waals surface area (Å²) in [7, 11) is 0. The van der Waals surface area contributed by atoms with E-state index in [1.54, 1.807) is 4.68 Å². The van der Waals surface area contributed by atoms with Crippen LogP contribution < -0.4 is 0 Å². The topological polar surface area (TPSA) is 47.8 Å². The van der Waals surface area contributed by atoms with E-state index in [1.165, 1.54) is 6.42 Å². The Hall–Kier alpha value is -1.49. The Bertz CT molecular complexity index is 590. The summed E-state index contributed by atoms with van der Waals surface area (Å²) < 4.78 is 2.78. The number of hydrogen-bond acceptors (Lipinski definition) is 3. The van der Waals surface area contributed by atoms with Crippen LogP contribution in [0.2, 0.25) is 0 Å². The van der Waals surface area contributed by atoms with E-state index in [9.17, 15) is 4.79 Å². The predicted molar refractivity (Wildman–Crippen MR) is 71.0 cm³/mol. The minimum absolute atomic E-state index is 0.416. The molecule has 4 nitrogen and oxygen atoms in total. The van der Waals surface area contributed by atoms with Crippen LogP contribution >= 0.6 is 15.9 Å². The van der Waals surface area contributed by atoms with Gasteiger partial charge in [-0.1, -0.05) is 33.6 Å². The second-order valence-electron chi connectivity index (χ2n) is 4.50. The summed E-state index contributed by atoms with van der Waals surface area (Å²) in [4.78, 5) is 11.1. The van der Waals surface area contributed by atoms with E-state index < -0.39 is 0 Å². The predicted octanol–water partition coefficient (Wildman–Crippen LogP) is 3.11. The number of carbonyl (C=O) groups excluding carboxylic acids is 1. The molecule has 0 spiro atoms. The summed E-state index contributed by atoms with van der Waals surface area (Å²) >= 11 is 3.44. The summed E-state index contributed by atoms with van der Waals surface area (Å²) in [6.45, 7) is 0. The lowest BCUT2D eigenvalue weighted by molar-refractivity contribution is 0.111. The molecule has 1 aliphatic rings. The van der Waals surface area contributed by atoms with Gasteiger partial charge in [-0.3, -0.25) is 4.79 Å². The Labute approximate surface area is 113 Å². The van der Waals surface area contributed by atoms with Gasteiger partial charge in [-0.15, -0.1) is 5.10 Å². The number of halogens is 1. The molecule has 0 atom stereocenters. The van der Waals surface area contributed by atoms with Gasteiger partial charge in [0.1, 0.15) is 5.69 Å². The van der Waals surface area contributed by atoms with Crippen LogP contribution in [0, 0.1) is 0 Å². The van der Waals surface area contributed by atoms with Gasteiger partial charge in [-0.2, -0.15) is 0 Å². The maximum Gasteiger partial charge on any atom is 0.172 e. The van der Waals surface area contributed by atoms with Gasteiger partial charge in [0.25, 0.3) is 0 Å². The second kappa shape index (κ2) is 4.65. The summed E-state index contributed by atoms with van der Waals surface area (Å²) in [5.41, 5.74) is 2.36. The van der Waals surface area contributed by atoms with Crippen LogP contribution in [0.1, 0.15) is 41.4 Å². The highest BCUT2D eigenvalue weighted by Crippen LogP contribution is 2.38. The number of rotatable bonds is 3. The Morgan fingerprint density at radius 3 is 2.83 bits per heavy atom. The zero-order valence-electron chi connectivity index (χ0n) is 9.71. The first-order valence-electron chi connectivity index (χ1n) is 5.96. The van der Waals surface area contributed by atoms with E-state index in [0.29, 0.717) is 11.6 Å². The van der Waals surface area contributed by atoms with Gasteiger partial charge in [-0.25, -0.2) is 4.68 Å². The fraction of sp³-hybridized carbons (Fsp3) is 0.308. The fourth-order valence-electron chi connectivity index (χ4n) is 2.25. The van der Waals surface area contributed by atoms with Crippen LogP contribution in [0.25, 0.3) is 5.69 Å². The largest absolute Gasteiger partial charge is 0.296 e. The van der Waals surface area contributed by atoms with Crippen LogP contribution in [0.15, 0.2) is 28.7 Å². The van der Waals surface area contributed by atoms with E-state index in [-0.39, 0.29) is 0 Å². The molecule has 2 aromatic rings. The monoisotopic (exact) mass is 305 g/mol. The lowest BCUT2D eigenvalue weighted by Crippen LogP contribution is -2.15. The lowest BCUT2D eigenvalue weighted by atomic mass is 9.82. The molecule has 1 fully saturated rings. The highest BCUT2D eigenvalue weighted by atomic mass is 79.9.